The third-order valence-electron chi connectivity index (χ3n) is 2.92. The molecule has 2 rings (SSSR count). The molecule has 0 aliphatic heterocycles. The number of carbonyl (C=O) groups is 1. The third-order valence-corrected chi connectivity index (χ3v) is 2.92. The summed E-state index contributed by atoms with van der Waals surface area (Å²) in [6, 6.07) is 6.39. The summed E-state index contributed by atoms with van der Waals surface area (Å²) in [7, 11) is 0. The molecule has 3 N–H and O–H groups in total. The van der Waals surface area contributed by atoms with Gasteiger partial charge in [-0.15, -0.1) is 0 Å². The normalized spacial score (nSPS) is 10.0. The molecule has 102 valence electrons. The number of aromatic amines is 1. The largest absolute Gasteiger partial charge is 0.468 e. The molecule has 0 radical (unpaired) electrons. The minimum atomic E-state index is -0.539. The maximum atomic E-state index is 13.6. The fraction of sp³-hybridized carbons (Fsp3) is 0.143. The van der Waals surface area contributed by atoms with E-state index in [1.54, 1.807) is 12.3 Å². The van der Waals surface area contributed by atoms with Gasteiger partial charge in [-0.2, -0.15) is 5.26 Å². The number of benzene rings is 1. The standard InChI is InChI=1S/C14H12FN3O2/c15-11-5-9(1-2-12(11)17)14-10(3-4-20-8-19)7-18-13(14)6-16/h1-2,5,7-8,18H,3-4,17H2. The van der Waals surface area contributed by atoms with Gasteiger partial charge in [0.2, 0.25) is 0 Å². The van der Waals surface area contributed by atoms with E-state index in [4.69, 9.17) is 11.0 Å². The first kappa shape index (κ1) is 13.6. The first-order chi connectivity index (χ1) is 9.67. The first-order valence-corrected chi connectivity index (χ1v) is 5.88. The van der Waals surface area contributed by atoms with Gasteiger partial charge in [0, 0.05) is 18.2 Å². The summed E-state index contributed by atoms with van der Waals surface area (Å²) < 4.78 is 18.2. The Morgan fingerprint density at radius 1 is 1.50 bits per heavy atom. The van der Waals surface area contributed by atoms with Gasteiger partial charge in [0.05, 0.1) is 12.3 Å². The summed E-state index contributed by atoms with van der Waals surface area (Å²) in [6.45, 7) is 0.553. The Kier molecular flexibility index (Phi) is 4.01. The number of nitrogens with zero attached hydrogens (tertiary/aromatic N) is 1. The van der Waals surface area contributed by atoms with Crippen molar-refractivity contribution in [1.82, 2.24) is 4.98 Å². The fourth-order valence-electron chi connectivity index (χ4n) is 1.98. The van der Waals surface area contributed by atoms with E-state index < -0.39 is 5.82 Å². The van der Waals surface area contributed by atoms with E-state index in [-0.39, 0.29) is 12.3 Å². The van der Waals surface area contributed by atoms with Crippen LogP contribution < -0.4 is 5.73 Å². The van der Waals surface area contributed by atoms with Crippen LogP contribution in [0.4, 0.5) is 10.1 Å². The Morgan fingerprint density at radius 3 is 2.95 bits per heavy atom. The van der Waals surface area contributed by atoms with Crippen LogP contribution >= 0.6 is 0 Å². The second kappa shape index (κ2) is 5.89. The molecule has 0 unspecified atom stereocenters. The lowest BCUT2D eigenvalue weighted by atomic mass is 9.99. The molecule has 0 spiro atoms. The van der Waals surface area contributed by atoms with Crippen LogP contribution in [0.3, 0.4) is 0 Å². The minimum Gasteiger partial charge on any atom is -0.468 e. The van der Waals surface area contributed by atoms with Gasteiger partial charge >= 0.3 is 0 Å². The summed E-state index contributed by atoms with van der Waals surface area (Å²) in [5.41, 5.74) is 7.74. The second-order valence-electron chi connectivity index (χ2n) is 4.13. The van der Waals surface area contributed by atoms with Crippen molar-refractivity contribution in [3.8, 4) is 17.2 Å². The molecule has 1 heterocycles. The molecule has 0 aliphatic carbocycles. The highest BCUT2D eigenvalue weighted by molar-refractivity contribution is 5.74. The number of carbonyl (C=O) groups excluding carboxylic acids is 1. The molecular formula is C14H12FN3O2. The lowest BCUT2D eigenvalue weighted by Gasteiger charge is -2.06. The van der Waals surface area contributed by atoms with Crippen molar-refractivity contribution in [3.63, 3.8) is 0 Å². The SMILES string of the molecule is N#Cc1[nH]cc(CCOC=O)c1-c1ccc(N)c(F)c1. The van der Waals surface area contributed by atoms with Gasteiger partial charge in [-0.05, 0) is 23.3 Å². The van der Waals surface area contributed by atoms with Crippen molar-refractivity contribution in [2.24, 2.45) is 0 Å². The Bertz CT molecular complexity index is 674. The van der Waals surface area contributed by atoms with Crippen molar-refractivity contribution in [3.05, 3.63) is 41.5 Å². The van der Waals surface area contributed by atoms with E-state index in [0.29, 0.717) is 29.7 Å². The number of anilines is 1. The van der Waals surface area contributed by atoms with Crippen molar-refractivity contribution < 1.29 is 13.9 Å². The second-order valence-corrected chi connectivity index (χ2v) is 4.13. The number of nitrogens with two attached hydrogens (primary N) is 1. The van der Waals surface area contributed by atoms with Gasteiger partial charge in [-0.3, -0.25) is 4.79 Å². The average molecular weight is 273 g/mol. The van der Waals surface area contributed by atoms with E-state index in [9.17, 15) is 9.18 Å². The molecule has 0 saturated heterocycles. The summed E-state index contributed by atoms with van der Waals surface area (Å²) in [6.07, 6.45) is 2.08. The fourth-order valence-corrected chi connectivity index (χ4v) is 1.98. The van der Waals surface area contributed by atoms with E-state index in [1.807, 2.05) is 6.07 Å². The van der Waals surface area contributed by atoms with Crippen LogP contribution in [-0.4, -0.2) is 18.1 Å². The predicted octanol–water partition coefficient (Wildman–Crippen LogP) is 1.99. The van der Waals surface area contributed by atoms with Crippen LogP contribution in [0.25, 0.3) is 11.1 Å². The monoisotopic (exact) mass is 273 g/mol. The van der Waals surface area contributed by atoms with E-state index in [2.05, 4.69) is 9.72 Å². The van der Waals surface area contributed by atoms with Gasteiger partial charge in [-0.1, -0.05) is 6.07 Å². The quantitative estimate of drug-likeness (QED) is 0.495. The topological polar surface area (TPSA) is 91.9 Å². The molecule has 2 aromatic rings. The highest BCUT2D eigenvalue weighted by atomic mass is 19.1. The maximum absolute atomic E-state index is 13.6. The van der Waals surface area contributed by atoms with Gasteiger partial charge < -0.3 is 15.5 Å². The zero-order valence-electron chi connectivity index (χ0n) is 10.5. The highest BCUT2D eigenvalue weighted by Crippen LogP contribution is 2.29. The molecule has 1 aromatic heterocycles. The van der Waals surface area contributed by atoms with E-state index in [1.165, 1.54) is 12.1 Å². The van der Waals surface area contributed by atoms with Crippen LogP contribution in [0.5, 0.6) is 0 Å². The zero-order valence-corrected chi connectivity index (χ0v) is 10.5. The molecule has 20 heavy (non-hydrogen) atoms. The molecule has 0 amide bonds. The van der Waals surface area contributed by atoms with E-state index in [0.717, 1.165) is 5.56 Å². The van der Waals surface area contributed by atoms with Crippen LogP contribution in [-0.2, 0) is 16.0 Å². The summed E-state index contributed by atoms with van der Waals surface area (Å²) in [5, 5.41) is 9.10. The number of aromatic nitrogens is 1. The molecular weight excluding hydrogens is 261 g/mol. The first-order valence-electron chi connectivity index (χ1n) is 5.88. The number of H-pyrrole nitrogens is 1. The number of halogens is 1. The Labute approximate surface area is 114 Å². The van der Waals surface area contributed by atoms with Crippen LogP contribution in [0.2, 0.25) is 0 Å². The van der Waals surface area contributed by atoms with Crippen LogP contribution in [0, 0.1) is 17.1 Å². The zero-order chi connectivity index (χ0) is 14.5. The van der Waals surface area contributed by atoms with Crippen molar-refractivity contribution in [2.75, 3.05) is 12.3 Å². The summed E-state index contributed by atoms with van der Waals surface area (Å²) >= 11 is 0. The molecule has 0 fully saturated rings. The molecule has 0 atom stereocenters. The van der Waals surface area contributed by atoms with Crippen molar-refractivity contribution in [2.45, 2.75) is 6.42 Å². The summed E-state index contributed by atoms with van der Waals surface area (Å²) in [5.74, 6) is -0.539. The number of ether oxygens (including phenoxy) is 1. The van der Waals surface area contributed by atoms with Crippen molar-refractivity contribution in [1.29, 1.82) is 5.26 Å². The number of nitrogens with one attached hydrogen (secondary N) is 1. The third kappa shape index (κ3) is 2.62. The van der Waals surface area contributed by atoms with E-state index >= 15 is 0 Å². The molecule has 0 saturated carbocycles. The van der Waals surface area contributed by atoms with Crippen LogP contribution in [0.1, 0.15) is 11.3 Å². The van der Waals surface area contributed by atoms with Crippen molar-refractivity contribution >= 4 is 12.2 Å². The number of hydrogen-bond donors (Lipinski definition) is 2. The number of rotatable bonds is 5. The minimum absolute atomic E-state index is 0.0497. The lowest BCUT2D eigenvalue weighted by Crippen LogP contribution is -1.98. The number of nitriles is 1. The summed E-state index contributed by atoms with van der Waals surface area (Å²) in [4.78, 5) is 13.0. The molecule has 6 heteroatoms. The average Bonchev–Trinajstić information content (AvgIpc) is 2.85. The molecule has 5 nitrogen and oxygen atoms in total. The maximum Gasteiger partial charge on any atom is 0.293 e. The van der Waals surface area contributed by atoms with Gasteiger partial charge in [0.1, 0.15) is 17.6 Å². The number of nitrogen functional groups attached to an aromatic ring is 1. The smallest absolute Gasteiger partial charge is 0.293 e. The van der Waals surface area contributed by atoms with Crippen LogP contribution in [0.15, 0.2) is 24.4 Å². The Balaban J connectivity index is 2.42. The van der Waals surface area contributed by atoms with Gasteiger partial charge in [0.25, 0.3) is 6.47 Å². The Morgan fingerprint density at radius 2 is 2.30 bits per heavy atom. The highest BCUT2D eigenvalue weighted by Gasteiger charge is 2.14. The van der Waals surface area contributed by atoms with Gasteiger partial charge in [0.15, 0.2) is 0 Å². The number of hydrogen-bond acceptors (Lipinski definition) is 4. The Hall–Kier alpha value is -2.81. The molecule has 0 aliphatic rings. The molecule has 0 bridgehead atoms. The predicted molar refractivity (Wildman–Crippen MR) is 71.0 cm³/mol. The lowest BCUT2D eigenvalue weighted by molar-refractivity contribution is -0.128. The van der Waals surface area contributed by atoms with Gasteiger partial charge in [-0.25, -0.2) is 4.39 Å². The molecule has 1 aromatic carbocycles.